The molecule has 0 bridgehead atoms. The number of hydrogen-bond acceptors (Lipinski definition) is 4. The third kappa shape index (κ3) is 5.14. The second-order valence-corrected chi connectivity index (χ2v) is 6.17. The number of para-hydroxylation sites is 1. The fourth-order valence-corrected chi connectivity index (χ4v) is 2.84. The molecule has 2 aromatic carbocycles. The molecule has 1 N–H and O–H groups in total. The van der Waals surface area contributed by atoms with Gasteiger partial charge in [0.05, 0.1) is 18.4 Å². The van der Waals surface area contributed by atoms with E-state index < -0.39 is 5.97 Å². The summed E-state index contributed by atoms with van der Waals surface area (Å²) in [4.78, 5) is 24.8. The van der Waals surface area contributed by atoms with E-state index in [4.69, 9.17) is 4.74 Å². The summed E-state index contributed by atoms with van der Waals surface area (Å²) < 4.78 is 4.71. The number of ether oxygens (including phenoxy) is 1. The Morgan fingerprint density at radius 1 is 1.09 bits per heavy atom. The molecule has 5 heteroatoms. The number of hydrogen-bond donors (Lipinski definition) is 1. The van der Waals surface area contributed by atoms with Crippen molar-refractivity contribution in [1.82, 2.24) is 0 Å². The van der Waals surface area contributed by atoms with E-state index in [1.54, 1.807) is 36.0 Å². The lowest BCUT2D eigenvalue weighted by Crippen LogP contribution is -2.15. The standard InChI is InChI=1S/C18H19NO3S/c1-13-7-9-14(10-8-13)23-12-11-17(20)19-16-6-4-3-5-15(16)18(21)22-2/h3-10H,11-12H2,1-2H3,(H,19,20). The molecule has 0 fully saturated rings. The van der Waals surface area contributed by atoms with Gasteiger partial charge < -0.3 is 10.1 Å². The first-order chi connectivity index (χ1) is 11.1. The van der Waals surface area contributed by atoms with Crippen LogP contribution < -0.4 is 5.32 Å². The average Bonchev–Trinajstić information content (AvgIpc) is 2.56. The van der Waals surface area contributed by atoms with Crippen LogP contribution in [-0.4, -0.2) is 24.7 Å². The largest absolute Gasteiger partial charge is 0.465 e. The molecule has 120 valence electrons. The maximum atomic E-state index is 12.0. The molecule has 0 aliphatic carbocycles. The number of nitrogens with one attached hydrogen (secondary N) is 1. The molecular formula is C18H19NO3S. The molecule has 0 aliphatic heterocycles. The molecule has 2 aromatic rings. The number of carbonyl (C=O) groups is 2. The molecule has 0 unspecified atom stereocenters. The molecule has 0 saturated carbocycles. The van der Waals surface area contributed by atoms with E-state index in [1.807, 2.05) is 19.1 Å². The number of esters is 1. The van der Waals surface area contributed by atoms with Crippen molar-refractivity contribution in [1.29, 1.82) is 0 Å². The van der Waals surface area contributed by atoms with E-state index in [0.29, 0.717) is 23.4 Å². The van der Waals surface area contributed by atoms with Crippen LogP contribution in [-0.2, 0) is 9.53 Å². The Hall–Kier alpha value is -2.27. The van der Waals surface area contributed by atoms with Crippen LogP contribution in [0.4, 0.5) is 5.69 Å². The zero-order chi connectivity index (χ0) is 16.7. The normalized spacial score (nSPS) is 10.2. The van der Waals surface area contributed by atoms with E-state index in [9.17, 15) is 9.59 Å². The van der Waals surface area contributed by atoms with E-state index in [0.717, 1.165) is 4.90 Å². The van der Waals surface area contributed by atoms with Crippen molar-refractivity contribution < 1.29 is 14.3 Å². The van der Waals surface area contributed by atoms with Crippen molar-refractivity contribution in [3.63, 3.8) is 0 Å². The third-order valence-electron chi connectivity index (χ3n) is 3.23. The van der Waals surface area contributed by atoms with Crippen LogP contribution >= 0.6 is 11.8 Å². The van der Waals surface area contributed by atoms with Gasteiger partial charge in [-0.15, -0.1) is 11.8 Å². The monoisotopic (exact) mass is 329 g/mol. The Morgan fingerprint density at radius 3 is 2.48 bits per heavy atom. The van der Waals surface area contributed by atoms with Crippen molar-refractivity contribution >= 4 is 29.3 Å². The van der Waals surface area contributed by atoms with Crippen LogP contribution in [0.25, 0.3) is 0 Å². The molecule has 0 atom stereocenters. The van der Waals surface area contributed by atoms with Crippen molar-refractivity contribution in [2.75, 3.05) is 18.2 Å². The first-order valence-corrected chi connectivity index (χ1v) is 8.25. The number of benzene rings is 2. The topological polar surface area (TPSA) is 55.4 Å². The van der Waals surface area contributed by atoms with Gasteiger partial charge in [0, 0.05) is 17.1 Å². The lowest BCUT2D eigenvalue weighted by atomic mass is 10.2. The lowest BCUT2D eigenvalue weighted by Gasteiger charge is -2.09. The molecular weight excluding hydrogens is 310 g/mol. The van der Waals surface area contributed by atoms with E-state index >= 15 is 0 Å². The fraction of sp³-hybridized carbons (Fsp3) is 0.222. The number of anilines is 1. The van der Waals surface area contributed by atoms with Crippen molar-refractivity contribution in [2.24, 2.45) is 0 Å². The highest BCUT2D eigenvalue weighted by atomic mass is 32.2. The third-order valence-corrected chi connectivity index (χ3v) is 4.24. The van der Waals surface area contributed by atoms with Gasteiger partial charge in [-0.1, -0.05) is 29.8 Å². The Kier molecular flexibility index (Phi) is 6.23. The summed E-state index contributed by atoms with van der Waals surface area (Å²) in [6.45, 7) is 2.04. The molecule has 1 amide bonds. The Balaban J connectivity index is 1.88. The van der Waals surface area contributed by atoms with Crippen molar-refractivity contribution in [3.05, 3.63) is 59.7 Å². The number of aryl methyl sites for hydroxylation is 1. The predicted octanol–water partition coefficient (Wildman–Crippen LogP) is 3.90. The minimum absolute atomic E-state index is 0.124. The van der Waals surface area contributed by atoms with Crippen LogP contribution in [0.15, 0.2) is 53.4 Å². The number of methoxy groups -OCH3 is 1. The highest BCUT2D eigenvalue weighted by Gasteiger charge is 2.13. The molecule has 23 heavy (non-hydrogen) atoms. The Bertz CT molecular complexity index is 683. The van der Waals surface area contributed by atoms with E-state index in [2.05, 4.69) is 17.4 Å². The first-order valence-electron chi connectivity index (χ1n) is 7.27. The smallest absolute Gasteiger partial charge is 0.339 e. The molecule has 4 nitrogen and oxygen atoms in total. The molecule has 2 rings (SSSR count). The second kappa shape index (κ2) is 8.39. The maximum Gasteiger partial charge on any atom is 0.339 e. The second-order valence-electron chi connectivity index (χ2n) is 5.00. The summed E-state index contributed by atoms with van der Waals surface area (Å²) in [6.07, 6.45) is 0.369. The number of thioether (sulfide) groups is 1. The molecule has 0 spiro atoms. The number of carbonyl (C=O) groups excluding carboxylic acids is 2. The van der Waals surface area contributed by atoms with Crippen LogP contribution in [0.2, 0.25) is 0 Å². The number of amides is 1. The minimum atomic E-state index is -0.463. The summed E-state index contributed by atoms with van der Waals surface area (Å²) >= 11 is 1.63. The SMILES string of the molecule is COC(=O)c1ccccc1NC(=O)CCSc1ccc(C)cc1. The van der Waals surface area contributed by atoms with Gasteiger partial charge in [-0.2, -0.15) is 0 Å². The van der Waals surface area contributed by atoms with Gasteiger partial charge in [0.15, 0.2) is 0 Å². The summed E-state index contributed by atoms with van der Waals surface area (Å²) in [6, 6.07) is 15.0. The van der Waals surface area contributed by atoms with Crippen molar-refractivity contribution in [2.45, 2.75) is 18.2 Å². The van der Waals surface area contributed by atoms with Gasteiger partial charge in [0.1, 0.15) is 0 Å². The minimum Gasteiger partial charge on any atom is -0.465 e. The summed E-state index contributed by atoms with van der Waals surface area (Å²) in [5, 5.41) is 2.77. The van der Waals surface area contributed by atoms with Crippen LogP contribution in [0.1, 0.15) is 22.3 Å². The molecule has 0 aromatic heterocycles. The fourth-order valence-electron chi connectivity index (χ4n) is 1.99. The van der Waals surface area contributed by atoms with Crippen LogP contribution in [0.5, 0.6) is 0 Å². The molecule has 0 aliphatic rings. The summed E-state index contributed by atoms with van der Waals surface area (Å²) in [5.74, 6) is 0.0887. The Morgan fingerprint density at radius 2 is 1.78 bits per heavy atom. The van der Waals surface area contributed by atoms with Gasteiger partial charge in [0.2, 0.25) is 5.91 Å². The van der Waals surface area contributed by atoms with Crippen molar-refractivity contribution in [3.8, 4) is 0 Å². The van der Waals surface area contributed by atoms with Gasteiger partial charge in [0.25, 0.3) is 0 Å². The zero-order valence-corrected chi connectivity index (χ0v) is 14.0. The highest BCUT2D eigenvalue weighted by molar-refractivity contribution is 7.99. The van der Waals surface area contributed by atoms with Crippen LogP contribution in [0.3, 0.4) is 0 Å². The highest BCUT2D eigenvalue weighted by Crippen LogP contribution is 2.20. The number of rotatable bonds is 6. The molecule has 0 heterocycles. The van der Waals surface area contributed by atoms with E-state index in [-0.39, 0.29) is 5.91 Å². The van der Waals surface area contributed by atoms with Gasteiger partial charge >= 0.3 is 5.97 Å². The summed E-state index contributed by atoms with van der Waals surface area (Å²) in [5.41, 5.74) is 2.05. The van der Waals surface area contributed by atoms with E-state index in [1.165, 1.54) is 12.7 Å². The van der Waals surface area contributed by atoms with Crippen LogP contribution in [0, 0.1) is 6.92 Å². The average molecular weight is 329 g/mol. The predicted molar refractivity (Wildman–Crippen MR) is 92.9 cm³/mol. The van der Waals surface area contributed by atoms with Gasteiger partial charge in [-0.3, -0.25) is 4.79 Å². The lowest BCUT2D eigenvalue weighted by molar-refractivity contribution is -0.115. The molecule has 0 radical (unpaired) electrons. The van der Waals surface area contributed by atoms with Gasteiger partial charge in [-0.05, 0) is 31.2 Å². The Labute approximate surface area is 140 Å². The van der Waals surface area contributed by atoms with Gasteiger partial charge in [-0.25, -0.2) is 4.79 Å². The zero-order valence-electron chi connectivity index (χ0n) is 13.2. The molecule has 0 saturated heterocycles. The quantitative estimate of drug-likeness (QED) is 0.645. The maximum absolute atomic E-state index is 12.0. The summed E-state index contributed by atoms with van der Waals surface area (Å²) in [7, 11) is 1.32. The first kappa shape index (κ1) is 17.1.